The molecule has 1 N–H and O–H groups in total. The van der Waals surface area contributed by atoms with Gasteiger partial charge in [0.1, 0.15) is 11.9 Å². The summed E-state index contributed by atoms with van der Waals surface area (Å²) < 4.78 is 5.20. The van der Waals surface area contributed by atoms with Gasteiger partial charge in [-0.05, 0) is 42.9 Å². The van der Waals surface area contributed by atoms with Crippen LogP contribution in [0.2, 0.25) is 0 Å². The van der Waals surface area contributed by atoms with Crippen LogP contribution < -0.4 is 4.74 Å². The Bertz CT molecular complexity index is 603. The maximum absolute atomic E-state index is 10.8. The molecular weight excluding hydrogens is 274 g/mol. The maximum atomic E-state index is 10.8. The van der Waals surface area contributed by atoms with Crippen molar-refractivity contribution in [2.45, 2.75) is 6.10 Å². The van der Waals surface area contributed by atoms with E-state index >= 15 is 0 Å². The van der Waals surface area contributed by atoms with E-state index < -0.39 is 6.10 Å². The van der Waals surface area contributed by atoms with Crippen molar-refractivity contribution in [1.29, 1.82) is 0 Å². The number of rotatable bonds is 6. The van der Waals surface area contributed by atoms with Crippen molar-refractivity contribution >= 4 is 5.57 Å². The highest BCUT2D eigenvalue weighted by atomic mass is 16.5. The number of nitrogens with zero attached hydrogens (tertiary/aromatic N) is 1. The van der Waals surface area contributed by atoms with Gasteiger partial charge >= 0.3 is 0 Å². The molecule has 0 saturated heterocycles. The quantitative estimate of drug-likeness (QED) is 0.887. The van der Waals surface area contributed by atoms with Crippen molar-refractivity contribution in [1.82, 2.24) is 4.90 Å². The predicted octanol–water partition coefficient (Wildman–Crippen LogP) is 3.37. The van der Waals surface area contributed by atoms with Crippen LogP contribution in [0.5, 0.6) is 5.75 Å². The van der Waals surface area contributed by atoms with E-state index in [1.807, 2.05) is 68.7 Å². The number of hydrogen-bond acceptors (Lipinski definition) is 3. The molecule has 0 aliphatic heterocycles. The summed E-state index contributed by atoms with van der Waals surface area (Å²) >= 11 is 0. The van der Waals surface area contributed by atoms with E-state index in [-0.39, 0.29) is 0 Å². The molecule has 1 unspecified atom stereocenters. The van der Waals surface area contributed by atoms with Crippen molar-refractivity contribution in [3.8, 4) is 5.75 Å². The van der Waals surface area contributed by atoms with Crippen LogP contribution in [0.1, 0.15) is 17.2 Å². The highest BCUT2D eigenvalue weighted by Crippen LogP contribution is 2.30. The van der Waals surface area contributed by atoms with Gasteiger partial charge < -0.3 is 14.7 Å². The summed E-state index contributed by atoms with van der Waals surface area (Å²) in [5.74, 6) is 0.810. The maximum Gasteiger partial charge on any atom is 0.118 e. The molecule has 3 nitrogen and oxygen atoms in total. The van der Waals surface area contributed by atoms with Gasteiger partial charge in [0.05, 0.1) is 7.11 Å². The number of hydrogen-bond donors (Lipinski definition) is 1. The van der Waals surface area contributed by atoms with Gasteiger partial charge in [-0.2, -0.15) is 0 Å². The summed E-state index contributed by atoms with van der Waals surface area (Å²) in [7, 11) is 5.67. The number of likely N-dealkylation sites (N-methyl/N-ethyl adjacent to an activating group) is 1. The first-order valence-corrected chi connectivity index (χ1v) is 7.34. The zero-order chi connectivity index (χ0) is 15.9. The predicted molar refractivity (Wildman–Crippen MR) is 90.9 cm³/mol. The molecule has 0 fully saturated rings. The molecule has 0 saturated carbocycles. The molecule has 0 aliphatic rings. The number of benzene rings is 2. The van der Waals surface area contributed by atoms with E-state index in [1.165, 1.54) is 0 Å². The third-order valence-electron chi connectivity index (χ3n) is 3.51. The van der Waals surface area contributed by atoms with Gasteiger partial charge in [0.15, 0.2) is 0 Å². The molecule has 3 heteroatoms. The minimum absolute atomic E-state index is 0.644. The number of ether oxygens (including phenoxy) is 1. The summed E-state index contributed by atoms with van der Waals surface area (Å²) in [5, 5.41) is 10.8. The molecule has 0 heterocycles. The van der Waals surface area contributed by atoms with Gasteiger partial charge in [-0.3, -0.25) is 0 Å². The van der Waals surface area contributed by atoms with Crippen LogP contribution >= 0.6 is 0 Å². The smallest absolute Gasteiger partial charge is 0.118 e. The van der Waals surface area contributed by atoms with Crippen LogP contribution in [0.4, 0.5) is 0 Å². The lowest BCUT2D eigenvalue weighted by Crippen LogP contribution is -2.12. The summed E-state index contributed by atoms with van der Waals surface area (Å²) in [6.07, 6.45) is 1.42. The largest absolute Gasteiger partial charge is 0.497 e. The lowest BCUT2D eigenvalue weighted by Gasteiger charge is -2.18. The third-order valence-corrected chi connectivity index (χ3v) is 3.51. The van der Waals surface area contributed by atoms with Crippen LogP contribution in [0.15, 0.2) is 60.7 Å². The van der Waals surface area contributed by atoms with Gasteiger partial charge in [0.25, 0.3) is 0 Å². The monoisotopic (exact) mass is 297 g/mol. The first kappa shape index (κ1) is 16.3. The van der Waals surface area contributed by atoms with Crippen molar-refractivity contribution in [2.24, 2.45) is 0 Å². The molecular formula is C19H23NO2. The lowest BCUT2D eigenvalue weighted by atomic mass is 9.94. The van der Waals surface area contributed by atoms with Crippen molar-refractivity contribution < 1.29 is 9.84 Å². The highest BCUT2D eigenvalue weighted by molar-refractivity contribution is 5.70. The Morgan fingerprint density at radius 3 is 2.27 bits per heavy atom. The summed E-state index contributed by atoms with van der Waals surface area (Å²) in [4.78, 5) is 2.07. The highest BCUT2D eigenvalue weighted by Gasteiger charge is 2.15. The van der Waals surface area contributed by atoms with E-state index in [0.29, 0.717) is 0 Å². The number of methoxy groups -OCH3 is 1. The topological polar surface area (TPSA) is 32.7 Å². The zero-order valence-corrected chi connectivity index (χ0v) is 13.4. The Balaban J connectivity index is 2.35. The third kappa shape index (κ3) is 4.20. The van der Waals surface area contributed by atoms with Crippen molar-refractivity contribution in [3.05, 3.63) is 71.8 Å². The first-order valence-electron chi connectivity index (χ1n) is 7.34. The average Bonchev–Trinajstić information content (AvgIpc) is 2.56. The van der Waals surface area contributed by atoms with Crippen LogP contribution in [-0.2, 0) is 0 Å². The minimum atomic E-state index is -0.644. The second-order valence-electron chi connectivity index (χ2n) is 5.46. The molecule has 0 spiro atoms. The SMILES string of the molecule is COc1ccc(/C(=C\CN(C)C)C(O)c2ccccc2)cc1. The molecule has 116 valence electrons. The van der Waals surface area contributed by atoms with E-state index in [2.05, 4.69) is 11.0 Å². The normalized spacial score (nSPS) is 13.2. The van der Waals surface area contributed by atoms with Crippen LogP contribution in [0.3, 0.4) is 0 Å². The van der Waals surface area contributed by atoms with Gasteiger partial charge in [0, 0.05) is 6.54 Å². The Labute approximate surface area is 132 Å². The van der Waals surface area contributed by atoms with Crippen molar-refractivity contribution in [2.75, 3.05) is 27.7 Å². The molecule has 0 aliphatic carbocycles. The molecule has 22 heavy (non-hydrogen) atoms. The Hall–Kier alpha value is -2.10. The second kappa shape index (κ2) is 7.78. The van der Waals surface area contributed by atoms with Crippen molar-refractivity contribution in [3.63, 3.8) is 0 Å². The minimum Gasteiger partial charge on any atom is -0.497 e. The van der Waals surface area contributed by atoms with Gasteiger partial charge in [0.2, 0.25) is 0 Å². The zero-order valence-electron chi connectivity index (χ0n) is 13.4. The number of aliphatic hydroxyl groups is 1. The molecule has 2 rings (SSSR count). The molecule has 0 amide bonds. The van der Waals surface area contributed by atoms with E-state index in [0.717, 1.165) is 29.0 Å². The molecule has 0 aromatic heterocycles. The average molecular weight is 297 g/mol. The Morgan fingerprint density at radius 2 is 1.73 bits per heavy atom. The summed E-state index contributed by atoms with van der Waals surface area (Å²) in [5.41, 5.74) is 2.80. The van der Waals surface area contributed by atoms with Crippen LogP contribution in [-0.4, -0.2) is 37.8 Å². The standard InChI is InChI=1S/C19H23NO2/c1-20(2)14-13-18(15-9-11-17(22-3)12-10-15)19(21)16-7-5-4-6-8-16/h4-13,19,21H,14H2,1-3H3/b18-13+. The van der Waals surface area contributed by atoms with Gasteiger partial charge in [-0.15, -0.1) is 0 Å². The fraction of sp³-hybridized carbons (Fsp3) is 0.263. The van der Waals surface area contributed by atoms with Crippen LogP contribution in [0.25, 0.3) is 5.57 Å². The molecule has 2 aromatic rings. The Morgan fingerprint density at radius 1 is 1.09 bits per heavy atom. The van der Waals surface area contributed by atoms with Gasteiger partial charge in [-0.1, -0.05) is 48.5 Å². The summed E-state index contributed by atoms with van der Waals surface area (Å²) in [6.45, 7) is 0.769. The molecule has 0 bridgehead atoms. The first-order chi connectivity index (χ1) is 10.6. The second-order valence-corrected chi connectivity index (χ2v) is 5.46. The van der Waals surface area contributed by atoms with E-state index in [1.54, 1.807) is 7.11 Å². The fourth-order valence-electron chi connectivity index (χ4n) is 2.27. The molecule has 2 aromatic carbocycles. The fourth-order valence-corrected chi connectivity index (χ4v) is 2.27. The summed E-state index contributed by atoms with van der Waals surface area (Å²) in [6, 6.07) is 17.5. The molecule has 1 atom stereocenters. The van der Waals surface area contributed by atoms with Gasteiger partial charge in [-0.25, -0.2) is 0 Å². The van der Waals surface area contributed by atoms with E-state index in [4.69, 9.17) is 4.74 Å². The Kier molecular flexibility index (Phi) is 5.75. The van der Waals surface area contributed by atoms with E-state index in [9.17, 15) is 5.11 Å². The van der Waals surface area contributed by atoms with Crippen LogP contribution in [0, 0.1) is 0 Å². The molecule has 0 radical (unpaired) electrons. The number of aliphatic hydroxyl groups excluding tert-OH is 1. The lowest BCUT2D eigenvalue weighted by molar-refractivity contribution is 0.237.